The van der Waals surface area contributed by atoms with Gasteiger partial charge in [0.05, 0.1) is 11.8 Å². The molecule has 22 heavy (non-hydrogen) atoms. The van der Waals surface area contributed by atoms with Gasteiger partial charge >= 0.3 is 0 Å². The summed E-state index contributed by atoms with van der Waals surface area (Å²) >= 11 is 0. The molecule has 1 aromatic rings. The lowest BCUT2D eigenvalue weighted by molar-refractivity contribution is -0.116. The smallest absolute Gasteiger partial charge is 0.225 e. The standard InChI is InChI=1S/C17H25FN2O2/c1-2-12-22-14-6-5-10-20(13-14)11-9-17(21)19-16-8-4-3-7-15(16)18/h3-4,7-8,14H,2,5-6,9-13H2,1H3,(H,19,21). The van der Waals surface area contributed by atoms with Crippen molar-refractivity contribution in [3.8, 4) is 0 Å². The zero-order valence-electron chi connectivity index (χ0n) is 13.2. The van der Waals surface area contributed by atoms with Gasteiger partial charge in [-0.3, -0.25) is 4.79 Å². The van der Waals surface area contributed by atoms with E-state index < -0.39 is 5.82 Å². The maximum Gasteiger partial charge on any atom is 0.225 e. The van der Waals surface area contributed by atoms with Gasteiger partial charge < -0.3 is 15.0 Å². The molecule has 0 aromatic heterocycles. The fourth-order valence-electron chi connectivity index (χ4n) is 2.67. The van der Waals surface area contributed by atoms with Crippen LogP contribution in [-0.4, -0.2) is 43.2 Å². The van der Waals surface area contributed by atoms with E-state index in [0.717, 1.165) is 39.0 Å². The van der Waals surface area contributed by atoms with Crippen LogP contribution in [0.4, 0.5) is 10.1 Å². The summed E-state index contributed by atoms with van der Waals surface area (Å²) < 4.78 is 19.3. The summed E-state index contributed by atoms with van der Waals surface area (Å²) in [7, 11) is 0. The number of hydrogen-bond donors (Lipinski definition) is 1. The van der Waals surface area contributed by atoms with Crippen molar-refractivity contribution in [1.82, 2.24) is 4.90 Å². The Morgan fingerprint density at radius 1 is 1.45 bits per heavy atom. The van der Waals surface area contributed by atoms with Crippen molar-refractivity contribution in [3.63, 3.8) is 0 Å². The maximum atomic E-state index is 13.5. The average molecular weight is 308 g/mol. The molecule has 1 unspecified atom stereocenters. The van der Waals surface area contributed by atoms with E-state index >= 15 is 0 Å². The zero-order valence-corrected chi connectivity index (χ0v) is 13.2. The fourth-order valence-corrected chi connectivity index (χ4v) is 2.67. The van der Waals surface area contributed by atoms with Crippen LogP contribution in [-0.2, 0) is 9.53 Å². The molecule has 1 aliphatic heterocycles. The van der Waals surface area contributed by atoms with Gasteiger partial charge in [0.15, 0.2) is 0 Å². The first-order valence-electron chi connectivity index (χ1n) is 8.07. The number of carbonyl (C=O) groups excluding carboxylic acids is 1. The molecule has 1 amide bonds. The number of nitrogens with one attached hydrogen (secondary N) is 1. The molecule has 1 fully saturated rings. The average Bonchev–Trinajstić information content (AvgIpc) is 2.53. The van der Waals surface area contributed by atoms with Crippen molar-refractivity contribution in [2.75, 3.05) is 31.6 Å². The van der Waals surface area contributed by atoms with E-state index in [1.165, 1.54) is 6.07 Å². The zero-order chi connectivity index (χ0) is 15.8. The third-order valence-electron chi connectivity index (χ3n) is 3.82. The number of likely N-dealkylation sites (tertiary alicyclic amines) is 1. The Morgan fingerprint density at radius 2 is 2.27 bits per heavy atom. The predicted octanol–water partition coefficient (Wildman–Crippen LogP) is 3.05. The van der Waals surface area contributed by atoms with Gasteiger partial charge in [0.2, 0.25) is 5.91 Å². The molecule has 0 radical (unpaired) electrons. The highest BCUT2D eigenvalue weighted by Crippen LogP contribution is 2.15. The second kappa shape index (κ2) is 8.86. The maximum absolute atomic E-state index is 13.5. The first-order valence-corrected chi connectivity index (χ1v) is 8.07. The molecule has 0 spiro atoms. The molecule has 5 heteroatoms. The number of halogens is 1. The topological polar surface area (TPSA) is 41.6 Å². The highest BCUT2D eigenvalue weighted by atomic mass is 19.1. The Bertz CT molecular complexity index is 481. The first kappa shape index (κ1) is 16.9. The molecule has 0 bridgehead atoms. The number of benzene rings is 1. The number of piperidine rings is 1. The molecular formula is C17H25FN2O2. The van der Waals surface area contributed by atoms with Gasteiger partial charge in [-0.2, -0.15) is 0 Å². The molecular weight excluding hydrogens is 283 g/mol. The Hall–Kier alpha value is -1.46. The van der Waals surface area contributed by atoms with E-state index in [4.69, 9.17) is 4.74 Å². The Morgan fingerprint density at radius 3 is 3.05 bits per heavy atom. The number of amides is 1. The van der Waals surface area contributed by atoms with Gasteiger partial charge in [0.1, 0.15) is 5.82 Å². The molecule has 2 rings (SSSR count). The minimum Gasteiger partial charge on any atom is -0.377 e. The van der Waals surface area contributed by atoms with Crippen LogP contribution in [0.1, 0.15) is 32.6 Å². The summed E-state index contributed by atoms with van der Waals surface area (Å²) in [4.78, 5) is 14.2. The molecule has 1 atom stereocenters. The van der Waals surface area contributed by atoms with Gasteiger partial charge in [-0.1, -0.05) is 19.1 Å². The predicted molar refractivity (Wildman–Crippen MR) is 85.4 cm³/mol. The summed E-state index contributed by atoms with van der Waals surface area (Å²) in [6.45, 7) is 5.47. The number of nitrogens with zero attached hydrogens (tertiary/aromatic N) is 1. The molecule has 4 nitrogen and oxygen atoms in total. The second-order valence-electron chi connectivity index (χ2n) is 5.71. The molecule has 1 heterocycles. The van der Waals surface area contributed by atoms with E-state index in [9.17, 15) is 9.18 Å². The molecule has 1 N–H and O–H groups in total. The lowest BCUT2D eigenvalue weighted by atomic mass is 10.1. The van der Waals surface area contributed by atoms with E-state index in [1.54, 1.807) is 18.2 Å². The molecule has 0 saturated carbocycles. The third kappa shape index (κ3) is 5.39. The van der Waals surface area contributed by atoms with Crippen molar-refractivity contribution in [2.24, 2.45) is 0 Å². The molecule has 1 aliphatic rings. The van der Waals surface area contributed by atoms with Gasteiger partial charge in [0, 0.05) is 26.1 Å². The quantitative estimate of drug-likeness (QED) is 0.842. The third-order valence-corrected chi connectivity index (χ3v) is 3.82. The highest BCUT2D eigenvalue weighted by Gasteiger charge is 2.20. The Labute approximate surface area is 131 Å². The largest absolute Gasteiger partial charge is 0.377 e. The number of ether oxygens (including phenoxy) is 1. The minimum absolute atomic E-state index is 0.151. The summed E-state index contributed by atoms with van der Waals surface area (Å²) in [5.41, 5.74) is 0.246. The van der Waals surface area contributed by atoms with Gasteiger partial charge in [-0.25, -0.2) is 4.39 Å². The number of para-hydroxylation sites is 1. The van der Waals surface area contributed by atoms with E-state index in [2.05, 4.69) is 17.1 Å². The molecule has 1 aromatic carbocycles. The lowest BCUT2D eigenvalue weighted by Gasteiger charge is -2.32. The van der Waals surface area contributed by atoms with E-state index in [0.29, 0.717) is 13.0 Å². The van der Waals surface area contributed by atoms with Crippen molar-refractivity contribution < 1.29 is 13.9 Å². The van der Waals surface area contributed by atoms with Crippen LogP contribution in [0.5, 0.6) is 0 Å². The highest BCUT2D eigenvalue weighted by molar-refractivity contribution is 5.90. The van der Waals surface area contributed by atoms with Crippen molar-refractivity contribution >= 4 is 11.6 Å². The van der Waals surface area contributed by atoms with Gasteiger partial charge in [-0.15, -0.1) is 0 Å². The van der Waals surface area contributed by atoms with E-state index in [-0.39, 0.29) is 17.7 Å². The minimum atomic E-state index is -0.401. The molecule has 0 aliphatic carbocycles. The fraction of sp³-hybridized carbons (Fsp3) is 0.588. The molecule has 1 saturated heterocycles. The van der Waals surface area contributed by atoms with Crippen LogP contribution in [0.25, 0.3) is 0 Å². The second-order valence-corrected chi connectivity index (χ2v) is 5.71. The van der Waals surface area contributed by atoms with Crippen LogP contribution >= 0.6 is 0 Å². The number of hydrogen-bond acceptors (Lipinski definition) is 3. The van der Waals surface area contributed by atoms with Gasteiger partial charge in [-0.05, 0) is 37.9 Å². The lowest BCUT2D eigenvalue weighted by Crippen LogP contribution is -2.41. The van der Waals surface area contributed by atoms with Crippen LogP contribution in [0.3, 0.4) is 0 Å². The summed E-state index contributed by atoms with van der Waals surface area (Å²) in [6.07, 6.45) is 3.88. The van der Waals surface area contributed by atoms with E-state index in [1.807, 2.05) is 0 Å². The van der Waals surface area contributed by atoms with Crippen LogP contribution in [0, 0.1) is 5.82 Å². The Balaban J connectivity index is 1.73. The van der Waals surface area contributed by atoms with Crippen molar-refractivity contribution in [3.05, 3.63) is 30.1 Å². The SMILES string of the molecule is CCCOC1CCCN(CCC(=O)Nc2ccccc2F)C1. The van der Waals surface area contributed by atoms with Crippen LogP contribution < -0.4 is 5.32 Å². The van der Waals surface area contributed by atoms with Crippen molar-refractivity contribution in [2.45, 2.75) is 38.7 Å². The van der Waals surface area contributed by atoms with Crippen LogP contribution in [0.15, 0.2) is 24.3 Å². The first-order chi connectivity index (χ1) is 10.7. The normalized spacial score (nSPS) is 19.1. The summed E-state index contributed by atoms with van der Waals surface area (Å²) in [5, 5.41) is 2.62. The number of rotatable bonds is 7. The Kier molecular flexibility index (Phi) is 6.80. The number of carbonyl (C=O) groups is 1. The van der Waals surface area contributed by atoms with Gasteiger partial charge in [0.25, 0.3) is 0 Å². The monoisotopic (exact) mass is 308 g/mol. The number of anilines is 1. The molecule has 122 valence electrons. The summed E-state index contributed by atoms with van der Waals surface area (Å²) in [5.74, 6) is -0.552. The summed E-state index contributed by atoms with van der Waals surface area (Å²) in [6, 6.07) is 6.23. The van der Waals surface area contributed by atoms with Crippen molar-refractivity contribution in [1.29, 1.82) is 0 Å². The van der Waals surface area contributed by atoms with Crippen LogP contribution in [0.2, 0.25) is 0 Å².